The third-order valence-electron chi connectivity index (χ3n) is 2.16. The first kappa shape index (κ1) is 17.2. The minimum Gasteiger partial charge on any atom is -0.346 e. The molecule has 0 unspecified atom stereocenters. The number of nitro benzene ring substituents is 1. The van der Waals surface area contributed by atoms with Gasteiger partial charge in [0.2, 0.25) is 5.82 Å². The summed E-state index contributed by atoms with van der Waals surface area (Å²) in [6.07, 6.45) is -2.89. The van der Waals surface area contributed by atoms with Gasteiger partial charge in [-0.3, -0.25) is 14.9 Å². The molecule has 0 bridgehead atoms. The van der Waals surface area contributed by atoms with Crippen molar-refractivity contribution in [2.24, 2.45) is 0 Å². The summed E-state index contributed by atoms with van der Waals surface area (Å²) in [6.45, 7) is -1.06. The molecule has 0 spiro atoms. The van der Waals surface area contributed by atoms with Crippen molar-refractivity contribution in [2.75, 3.05) is 6.54 Å². The molecule has 0 aliphatic heterocycles. The average molecular weight is 347 g/mol. The van der Waals surface area contributed by atoms with Crippen LogP contribution in [0.2, 0.25) is 0 Å². The highest BCUT2D eigenvalue weighted by molar-refractivity contribution is 8.13. The van der Waals surface area contributed by atoms with E-state index < -0.39 is 54.8 Å². The molecule has 0 heterocycles. The van der Waals surface area contributed by atoms with Crippen LogP contribution in [0.5, 0.6) is 0 Å². The van der Waals surface area contributed by atoms with Crippen molar-refractivity contribution in [1.29, 1.82) is 0 Å². The van der Waals surface area contributed by atoms with Gasteiger partial charge in [0, 0.05) is 22.3 Å². The summed E-state index contributed by atoms with van der Waals surface area (Å²) < 4.78 is 59.8. The molecule has 7 nitrogen and oxygen atoms in total. The van der Waals surface area contributed by atoms with E-state index in [9.17, 15) is 36.5 Å². The van der Waals surface area contributed by atoms with E-state index in [1.54, 1.807) is 5.32 Å². The summed E-state index contributed by atoms with van der Waals surface area (Å²) in [5, 5.41) is 12.3. The Morgan fingerprint density at radius 1 is 1.43 bits per heavy atom. The van der Waals surface area contributed by atoms with Crippen LogP contribution in [0.15, 0.2) is 17.0 Å². The lowest BCUT2D eigenvalue weighted by molar-refractivity contribution is -0.387. The second-order valence-electron chi connectivity index (χ2n) is 3.60. The number of nitrogens with zero attached hydrogens (tertiary/aromatic N) is 1. The molecule has 1 N–H and O–H groups in total. The van der Waals surface area contributed by atoms with Crippen LogP contribution in [0, 0.1) is 15.9 Å². The van der Waals surface area contributed by atoms with Crippen molar-refractivity contribution in [2.45, 2.75) is 11.3 Å². The van der Waals surface area contributed by atoms with Gasteiger partial charge in [0.05, 0.1) is 11.5 Å². The zero-order valence-electron chi connectivity index (χ0n) is 9.85. The maximum Gasteiger partial charge on any atom is 0.307 e. The van der Waals surface area contributed by atoms with Crippen LogP contribution in [0.1, 0.15) is 10.4 Å². The topological polar surface area (TPSA) is 106 Å². The number of halogens is 4. The Morgan fingerprint density at radius 2 is 2.00 bits per heavy atom. The first-order valence-corrected chi connectivity index (χ1v) is 7.34. The molecule has 116 valence electrons. The number of alkyl halides is 2. The molecular formula is C9H6ClF3N2O5S. The summed E-state index contributed by atoms with van der Waals surface area (Å²) in [5.74, 6) is -2.99. The summed E-state index contributed by atoms with van der Waals surface area (Å²) in [6, 6.07) is 0.840. The van der Waals surface area contributed by atoms with Gasteiger partial charge in [-0.1, -0.05) is 0 Å². The van der Waals surface area contributed by atoms with Crippen molar-refractivity contribution in [1.82, 2.24) is 5.32 Å². The van der Waals surface area contributed by atoms with Gasteiger partial charge in [0.1, 0.15) is 4.90 Å². The van der Waals surface area contributed by atoms with E-state index in [0.717, 1.165) is 0 Å². The fourth-order valence-corrected chi connectivity index (χ4v) is 2.22. The Bertz CT molecular complexity index is 695. The van der Waals surface area contributed by atoms with Gasteiger partial charge in [-0.05, 0) is 6.07 Å². The van der Waals surface area contributed by atoms with Crippen molar-refractivity contribution in [3.8, 4) is 0 Å². The van der Waals surface area contributed by atoms with E-state index in [-0.39, 0.29) is 0 Å². The van der Waals surface area contributed by atoms with Gasteiger partial charge in [0.15, 0.2) is 0 Å². The van der Waals surface area contributed by atoms with E-state index in [4.69, 9.17) is 10.7 Å². The van der Waals surface area contributed by atoms with Crippen molar-refractivity contribution < 1.29 is 31.3 Å². The smallest absolute Gasteiger partial charge is 0.307 e. The lowest BCUT2D eigenvalue weighted by Crippen LogP contribution is -2.28. The summed E-state index contributed by atoms with van der Waals surface area (Å²) in [5.41, 5.74) is -2.01. The first-order valence-electron chi connectivity index (χ1n) is 5.03. The number of nitrogens with one attached hydrogen (secondary N) is 1. The monoisotopic (exact) mass is 346 g/mol. The van der Waals surface area contributed by atoms with Crippen LogP contribution >= 0.6 is 10.7 Å². The third kappa shape index (κ3) is 4.29. The van der Waals surface area contributed by atoms with Crippen LogP contribution < -0.4 is 5.32 Å². The van der Waals surface area contributed by atoms with Crippen LogP contribution in [0.25, 0.3) is 0 Å². The zero-order chi connectivity index (χ0) is 16.4. The number of hydrogen-bond donors (Lipinski definition) is 1. The van der Waals surface area contributed by atoms with E-state index in [1.165, 1.54) is 0 Å². The predicted molar refractivity (Wildman–Crippen MR) is 64.4 cm³/mol. The largest absolute Gasteiger partial charge is 0.346 e. The minimum absolute atomic E-state index is 0.418. The highest BCUT2D eigenvalue weighted by Gasteiger charge is 2.28. The standard InChI is InChI=1S/C9H6ClF3N2O5S/c10-21(19,20)6-2-4(9(16)14-3-7(11)12)1-5(8(6)13)15(17)18/h1-2,7H,3H2,(H,14,16). The molecule has 0 saturated carbocycles. The van der Waals surface area contributed by atoms with Crippen molar-refractivity contribution >= 4 is 31.3 Å². The molecule has 0 atom stereocenters. The molecule has 12 heteroatoms. The molecule has 0 aromatic heterocycles. The molecule has 1 aromatic rings. The van der Waals surface area contributed by atoms with Gasteiger partial charge < -0.3 is 5.32 Å². The molecule has 1 aromatic carbocycles. The highest BCUT2D eigenvalue weighted by atomic mass is 35.7. The quantitative estimate of drug-likeness (QED) is 0.495. The maximum absolute atomic E-state index is 13.6. The number of hydrogen-bond acceptors (Lipinski definition) is 5. The number of amides is 1. The normalized spacial score (nSPS) is 11.5. The molecule has 21 heavy (non-hydrogen) atoms. The minimum atomic E-state index is -4.71. The van der Waals surface area contributed by atoms with Crippen molar-refractivity contribution in [3.63, 3.8) is 0 Å². The Kier molecular flexibility index (Phi) is 5.12. The van der Waals surface area contributed by atoms with Gasteiger partial charge in [-0.2, -0.15) is 4.39 Å². The van der Waals surface area contributed by atoms with E-state index in [0.29, 0.717) is 12.1 Å². The number of carbonyl (C=O) groups is 1. The van der Waals surface area contributed by atoms with Gasteiger partial charge in [-0.15, -0.1) is 0 Å². The third-order valence-corrected chi connectivity index (χ3v) is 3.48. The Morgan fingerprint density at radius 3 is 2.43 bits per heavy atom. The second kappa shape index (κ2) is 6.26. The van der Waals surface area contributed by atoms with Crippen molar-refractivity contribution in [3.05, 3.63) is 33.6 Å². The molecule has 0 aliphatic carbocycles. The molecule has 0 saturated heterocycles. The molecule has 0 fully saturated rings. The maximum atomic E-state index is 13.6. The first-order chi connectivity index (χ1) is 9.54. The Hall–Kier alpha value is -1.88. The lowest BCUT2D eigenvalue weighted by atomic mass is 10.2. The van der Waals surface area contributed by atoms with Crippen LogP contribution in [0.4, 0.5) is 18.9 Å². The number of carbonyl (C=O) groups excluding carboxylic acids is 1. The average Bonchev–Trinajstić information content (AvgIpc) is 2.34. The van der Waals surface area contributed by atoms with Crippen LogP contribution in [-0.2, 0) is 9.05 Å². The van der Waals surface area contributed by atoms with Gasteiger partial charge in [-0.25, -0.2) is 17.2 Å². The second-order valence-corrected chi connectivity index (χ2v) is 6.14. The lowest BCUT2D eigenvalue weighted by Gasteiger charge is -2.07. The van der Waals surface area contributed by atoms with Crippen LogP contribution in [-0.4, -0.2) is 32.2 Å². The number of nitro groups is 1. The summed E-state index contributed by atoms with van der Waals surface area (Å²) >= 11 is 0. The van der Waals surface area contributed by atoms with Gasteiger partial charge >= 0.3 is 5.69 Å². The Labute approximate surface area is 120 Å². The molecule has 0 radical (unpaired) electrons. The Balaban J connectivity index is 3.38. The number of benzene rings is 1. The predicted octanol–water partition coefficient (Wildman–Crippen LogP) is 1.66. The van der Waals surface area contributed by atoms with E-state index >= 15 is 0 Å². The fraction of sp³-hybridized carbons (Fsp3) is 0.222. The number of rotatable bonds is 5. The fourth-order valence-electron chi connectivity index (χ4n) is 1.30. The van der Waals surface area contributed by atoms with E-state index in [2.05, 4.69) is 0 Å². The highest BCUT2D eigenvalue weighted by Crippen LogP contribution is 2.28. The SMILES string of the molecule is O=C(NCC(F)F)c1cc([N+](=O)[O-])c(F)c(S(=O)(=O)Cl)c1. The molecule has 0 aliphatic rings. The van der Waals surface area contributed by atoms with Gasteiger partial charge in [0.25, 0.3) is 21.4 Å². The summed E-state index contributed by atoms with van der Waals surface area (Å²) in [4.78, 5) is 19.5. The molecular weight excluding hydrogens is 341 g/mol. The van der Waals surface area contributed by atoms with E-state index in [1.807, 2.05) is 0 Å². The zero-order valence-corrected chi connectivity index (χ0v) is 11.4. The molecule has 1 rings (SSSR count). The molecule has 1 amide bonds. The summed E-state index contributed by atoms with van der Waals surface area (Å²) in [7, 11) is 0.190. The van der Waals surface area contributed by atoms with Crippen LogP contribution in [0.3, 0.4) is 0 Å².